The lowest BCUT2D eigenvalue weighted by Gasteiger charge is -2.07. The predicted molar refractivity (Wildman–Crippen MR) is 74.6 cm³/mol. The summed E-state index contributed by atoms with van der Waals surface area (Å²) in [6, 6.07) is 0. The summed E-state index contributed by atoms with van der Waals surface area (Å²) in [5.41, 5.74) is 1.76. The number of fused-ring (bicyclic) bond motifs is 1. The average molecular weight is 279 g/mol. The van der Waals surface area contributed by atoms with Crippen molar-refractivity contribution in [3.8, 4) is 0 Å². The van der Waals surface area contributed by atoms with Gasteiger partial charge in [0.15, 0.2) is 0 Å². The van der Waals surface area contributed by atoms with E-state index in [-0.39, 0.29) is 11.6 Å². The Kier molecular flexibility index (Phi) is 4.04. The lowest BCUT2D eigenvalue weighted by atomic mass is 10.1. The summed E-state index contributed by atoms with van der Waals surface area (Å²) >= 11 is 1.65. The molecule has 0 bridgehead atoms. The quantitative estimate of drug-likeness (QED) is 0.833. The zero-order chi connectivity index (χ0) is 14.0. The number of carboxylic acid groups (broad SMARTS) is 1. The number of nitrogens with one attached hydrogen (secondary N) is 1. The van der Waals surface area contributed by atoms with Crippen LogP contribution in [0.2, 0.25) is 0 Å². The largest absolute Gasteiger partial charge is 0.477 e. The van der Waals surface area contributed by atoms with Gasteiger partial charge in [0.05, 0.1) is 5.56 Å². The summed E-state index contributed by atoms with van der Waals surface area (Å²) in [4.78, 5) is 25.6. The number of aliphatic carboxylic acids is 1. The van der Waals surface area contributed by atoms with Crippen molar-refractivity contribution in [3.05, 3.63) is 32.7 Å². The van der Waals surface area contributed by atoms with Crippen LogP contribution in [0.15, 0.2) is 11.8 Å². The number of carbonyl (C=O) groups is 2. The predicted octanol–water partition coefficient (Wildman–Crippen LogP) is 2.65. The van der Waals surface area contributed by atoms with E-state index in [4.69, 9.17) is 5.11 Å². The molecule has 102 valence electrons. The number of aryl methyl sites for hydroxylation is 2. The van der Waals surface area contributed by atoms with E-state index in [9.17, 15) is 9.59 Å². The van der Waals surface area contributed by atoms with E-state index in [1.54, 1.807) is 11.3 Å². The van der Waals surface area contributed by atoms with Gasteiger partial charge < -0.3 is 10.4 Å². The smallest absolute Gasteiger partial charge is 0.352 e. The first-order valence-electron chi connectivity index (χ1n) is 6.40. The molecule has 0 aliphatic heterocycles. The van der Waals surface area contributed by atoms with Crippen LogP contribution in [0.1, 0.15) is 45.4 Å². The third-order valence-corrected chi connectivity index (χ3v) is 4.42. The standard InChI is InChI=1S/C14H17NO3S/c1-3-5-10(14(17)18)15-13(16)12-8(2)19-11-7-4-6-9(11)12/h5H,3-4,6-7H2,1-2H3,(H,15,16)(H,17,18)/b10-5+. The van der Waals surface area contributed by atoms with Gasteiger partial charge >= 0.3 is 5.97 Å². The summed E-state index contributed by atoms with van der Waals surface area (Å²) in [7, 11) is 0. The minimum atomic E-state index is -1.10. The van der Waals surface area contributed by atoms with E-state index in [2.05, 4.69) is 5.32 Å². The van der Waals surface area contributed by atoms with Crippen LogP contribution in [0, 0.1) is 6.92 Å². The molecular weight excluding hydrogens is 262 g/mol. The zero-order valence-electron chi connectivity index (χ0n) is 11.1. The first kappa shape index (κ1) is 13.8. The molecule has 1 amide bonds. The van der Waals surface area contributed by atoms with Crippen LogP contribution in [-0.4, -0.2) is 17.0 Å². The van der Waals surface area contributed by atoms with Gasteiger partial charge in [0, 0.05) is 9.75 Å². The molecular formula is C14H17NO3S. The molecule has 4 nitrogen and oxygen atoms in total. The Balaban J connectivity index is 2.26. The van der Waals surface area contributed by atoms with E-state index in [0.29, 0.717) is 12.0 Å². The van der Waals surface area contributed by atoms with Crippen LogP contribution in [0.5, 0.6) is 0 Å². The molecule has 1 aromatic rings. The molecule has 5 heteroatoms. The summed E-state index contributed by atoms with van der Waals surface area (Å²) in [5, 5.41) is 11.6. The molecule has 0 radical (unpaired) electrons. The minimum absolute atomic E-state index is 0.0372. The number of allylic oxidation sites excluding steroid dienone is 1. The van der Waals surface area contributed by atoms with E-state index in [1.165, 1.54) is 11.0 Å². The van der Waals surface area contributed by atoms with Crippen molar-refractivity contribution in [3.63, 3.8) is 0 Å². The Morgan fingerprint density at radius 3 is 2.79 bits per heavy atom. The molecule has 2 N–H and O–H groups in total. The highest BCUT2D eigenvalue weighted by Gasteiger charge is 2.25. The Morgan fingerprint density at radius 1 is 1.42 bits per heavy atom. The summed E-state index contributed by atoms with van der Waals surface area (Å²) in [5.74, 6) is -1.39. The minimum Gasteiger partial charge on any atom is -0.477 e. The molecule has 0 atom stereocenters. The molecule has 0 aromatic carbocycles. The monoisotopic (exact) mass is 279 g/mol. The van der Waals surface area contributed by atoms with E-state index < -0.39 is 5.97 Å². The molecule has 0 spiro atoms. The second kappa shape index (κ2) is 5.57. The SMILES string of the molecule is CC/C=C(/NC(=O)c1c(C)sc2c1CCC2)C(=O)O. The van der Waals surface area contributed by atoms with Crippen molar-refractivity contribution in [2.45, 2.75) is 39.5 Å². The Bertz CT molecular complexity index is 557. The van der Waals surface area contributed by atoms with Gasteiger partial charge in [-0.15, -0.1) is 11.3 Å². The average Bonchev–Trinajstić information content (AvgIpc) is 2.87. The number of carbonyl (C=O) groups excluding carboxylic acids is 1. The van der Waals surface area contributed by atoms with E-state index in [0.717, 1.165) is 29.7 Å². The number of rotatable bonds is 4. The molecule has 1 heterocycles. The second-order valence-corrected chi connectivity index (χ2v) is 5.88. The van der Waals surface area contributed by atoms with Gasteiger partial charge in [-0.05, 0) is 38.2 Å². The van der Waals surface area contributed by atoms with Crippen LogP contribution in [0.25, 0.3) is 0 Å². The molecule has 0 unspecified atom stereocenters. The fourth-order valence-corrected chi connectivity index (χ4v) is 3.68. The fourth-order valence-electron chi connectivity index (χ4n) is 2.42. The number of amides is 1. The number of thiophene rings is 1. The van der Waals surface area contributed by atoms with Crippen molar-refractivity contribution < 1.29 is 14.7 Å². The first-order valence-corrected chi connectivity index (χ1v) is 7.22. The molecule has 0 saturated heterocycles. The highest BCUT2D eigenvalue weighted by molar-refractivity contribution is 7.12. The Morgan fingerprint density at radius 2 is 2.16 bits per heavy atom. The molecule has 1 aliphatic rings. The maximum atomic E-state index is 12.3. The fraction of sp³-hybridized carbons (Fsp3) is 0.429. The summed E-state index contributed by atoms with van der Waals surface area (Å²) in [6.07, 6.45) is 5.12. The van der Waals surface area contributed by atoms with Crippen LogP contribution < -0.4 is 5.32 Å². The van der Waals surface area contributed by atoms with Gasteiger partial charge in [0.1, 0.15) is 5.70 Å². The number of hydrogen-bond donors (Lipinski definition) is 2. The topological polar surface area (TPSA) is 66.4 Å². The summed E-state index contributed by atoms with van der Waals surface area (Å²) in [6.45, 7) is 3.75. The van der Waals surface area contributed by atoms with Crippen molar-refractivity contribution >= 4 is 23.2 Å². The van der Waals surface area contributed by atoms with Crippen molar-refractivity contribution in [1.29, 1.82) is 0 Å². The molecule has 1 aliphatic carbocycles. The first-order chi connectivity index (χ1) is 9.04. The van der Waals surface area contributed by atoms with Crippen LogP contribution in [0.3, 0.4) is 0 Å². The van der Waals surface area contributed by atoms with Gasteiger partial charge in [0.2, 0.25) is 0 Å². The van der Waals surface area contributed by atoms with Crippen molar-refractivity contribution in [2.24, 2.45) is 0 Å². The Labute approximate surface area is 116 Å². The van der Waals surface area contributed by atoms with Gasteiger partial charge in [-0.2, -0.15) is 0 Å². The van der Waals surface area contributed by atoms with Gasteiger partial charge in [-0.3, -0.25) is 4.79 Å². The number of carboxylic acids is 1. The Hall–Kier alpha value is -1.62. The van der Waals surface area contributed by atoms with Crippen LogP contribution >= 0.6 is 11.3 Å². The van der Waals surface area contributed by atoms with Crippen molar-refractivity contribution in [1.82, 2.24) is 5.32 Å². The second-order valence-electron chi connectivity index (χ2n) is 4.57. The van der Waals surface area contributed by atoms with Crippen LogP contribution in [-0.2, 0) is 17.6 Å². The molecule has 0 fully saturated rings. The van der Waals surface area contributed by atoms with E-state index >= 15 is 0 Å². The van der Waals surface area contributed by atoms with E-state index in [1.807, 2.05) is 13.8 Å². The highest BCUT2D eigenvalue weighted by atomic mass is 32.1. The molecule has 0 saturated carbocycles. The van der Waals surface area contributed by atoms with Gasteiger partial charge in [0.25, 0.3) is 5.91 Å². The van der Waals surface area contributed by atoms with Gasteiger partial charge in [-0.25, -0.2) is 4.79 Å². The normalized spacial score (nSPS) is 14.3. The summed E-state index contributed by atoms with van der Waals surface area (Å²) < 4.78 is 0. The lowest BCUT2D eigenvalue weighted by molar-refractivity contribution is -0.133. The maximum absolute atomic E-state index is 12.3. The van der Waals surface area contributed by atoms with Crippen molar-refractivity contribution in [2.75, 3.05) is 0 Å². The number of hydrogen-bond acceptors (Lipinski definition) is 3. The molecule has 1 aromatic heterocycles. The molecule has 2 rings (SSSR count). The van der Waals surface area contributed by atoms with Crippen LogP contribution in [0.4, 0.5) is 0 Å². The lowest BCUT2D eigenvalue weighted by Crippen LogP contribution is -2.28. The third kappa shape index (κ3) is 2.71. The third-order valence-electron chi connectivity index (χ3n) is 3.21. The van der Waals surface area contributed by atoms with Gasteiger partial charge in [-0.1, -0.05) is 13.0 Å². The molecule has 19 heavy (non-hydrogen) atoms. The zero-order valence-corrected chi connectivity index (χ0v) is 11.9. The maximum Gasteiger partial charge on any atom is 0.352 e. The highest BCUT2D eigenvalue weighted by Crippen LogP contribution is 2.34.